The Bertz CT molecular complexity index is 349. The molecule has 0 saturated carbocycles. The summed E-state index contributed by atoms with van der Waals surface area (Å²) >= 11 is 3.42. The second-order valence-corrected chi connectivity index (χ2v) is 5.68. The zero-order chi connectivity index (χ0) is 12.8. The Morgan fingerprint density at radius 1 is 1.28 bits per heavy atom. The Balaban J connectivity index is 1.69. The summed E-state index contributed by atoms with van der Waals surface area (Å²) in [5.41, 5.74) is 0. The molecule has 0 spiro atoms. The van der Waals surface area contributed by atoms with E-state index in [1.54, 1.807) is 0 Å². The van der Waals surface area contributed by atoms with Crippen LogP contribution in [0, 0.1) is 0 Å². The molecule has 3 nitrogen and oxygen atoms in total. The maximum absolute atomic E-state index is 5.74. The van der Waals surface area contributed by atoms with Crippen LogP contribution in [0.15, 0.2) is 28.7 Å². The van der Waals surface area contributed by atoms with E-state index in [1.807, 2.05) is 24.3 Å². The molecule has 0 aromatic heterocycles. The number of hydrogen-bond acceptors (Lipinski definition) is 3. The molecule has 1 saturated heterocycles. The lowest BCUT2D eigenvalue weighted by Gasteiger charge is -2.31. The Labute approximate surface area is 118 Å². The zero-order valence-electron chi connectivity index (χ0n) is 10.9. The Morgan fingerprint density at radius 3 is 2.61 bits per heavy atom. The van der Waals surface area contributed by atoms with E-state index in [2.05, 4.69) is 33.2 Å². The minimum atomic E-state index is 0.708. The van der Waals surface area contributed by atoms with Crippen LogP contribution in [-0.2, 0) is 0 Å². The lowest BCUT2D eigenvalue weighted by molar-refractivity contribution is 0.165. The first-order valence-corrected chi connectivity index (χ1v) is 7.34. The van der Waals surface area contributed by atoms with Gasteiger partial charge in [-0.05, 0) is 57.2 Å². The topological polar surface area (TPSA) is 24.5 Å². The minimum absolute atomic E-state index is 0.708. The van der Waals surface area contributed by atoms with Gasteiger partial charge in [-0.3, -0.25) is 4.90 Å². The Morgan fingerprint density at radius 2 is 1.94 bits per heavy atom. The molecule has 1 aliphatic heterocycles. The van der Waals surface area contributed by atoms with Gasteiger partial charge in [0.05, 0.1) is 0 Å². The van der Waals surface area contributed by atoms with Crippen molar-refractivity contribution < 1.29 is 4.74 Å². The second-order valence-electron chi connectivity index (χ2n) is 4.76. The summed E-state index contributed by atoms with van der Waals surface area (Å²) < 4.78 is 6.83. The van der Waals surface area contributed by atoms with E-state index in [0.717, 1.165) is 36.5 Å². The van der Waals surface area contributed by atoms with Gasteiger partial charge in [0.2, 0.25) is 0 Å². The lowest BCUT2D eigenvalue weighted by atomic mass is 10.1. The highest BCUT2D eigenvalue weighted by Crippen LogP contribution is 2.16. The van der Waals surface area contributed by atoms with Gasteiger partial charge in [0.15, 0.2) is 0 Å². The molecule has 1 aliphatic rings. The third kappa shape index (κ3) is 4.26. The fourth-order valence-corrected chi connectivity index (χ4v) is 2.53. The number of nitrogens with zero attached hydrogens (tertiary/aromatic N) is 1. The highest BCUT2D eigenvalue weighted by atomic mass is 79.9. The zero-order valence-corrected chi connectivity index (χ0v) is 12.4. The van der Waals surface area contributed by atoms with Gasteiger partial charge in [-0.25, -0.2) is 0 Å². The number of likely N-dealkylation sites (N-methyl/N-ethyl adjacent to an activating group) is 1. The fourth-order valence-electron chi connectivity index (χ4n) is 2.27. The SMILES string of the molecule is CN(CCOc1ccc(Br)cc1)C1CCNCC1. The summed E-state index contributed by atoms with van der Waals surface area (Å²) in [6.45, 7) is 4.02. The number of piperidine rings is 1. The highest BCUT2D eigenvalue weighted by Gasteiger charge is 2.17. The van der Waals surface area contributed by atoms with E-state index in [4.69, 9.17) is 4.74 Å². The molecule has 18 heavy (non-hydrogen) atoms. The third-order valence-electron chi connectivity index (χ3n) is 3.46. The van der Waals surface area contributed by atoms with Crippen molar-refractivity contribution >= 4 is 15.9 Å². The van der Waals surface area contributed by atoms with Crippen LogP contribution in [-0.4, -0.2) is 44.2 Å². The molecular formula is C14H21BrN2O. The average Bonchev–Trinajstić information content (AvgIpc) is 2.42. The standard InChI is InChI=1S/C14H21BrN2O/c1-17(13-6-8-16-9-7-13)10-11-18-14-4-2-12(15)3-5-14/h2-5,13,16H,6-11H2,1H3. The quantitative estimate of drug-likeness (QED) is 0.904. The predicted molar refractivity (Wildman–Crippen MR) is 78.2 cm³/mol. The van der Waals surface area contributed by atoms with Gasteiger partial charge in [0.25, 0.3) is 0 Å². The van der Waals surface area contributed by atoms with Crippen LogP contribution in [0.4, 0.5) is 0 Å². The number of halogens is 1. The molecule has 1 aromatic carbocycles. The van der Waals surface area contributed by atoms with Crippen molar-refractivity contribution in [3.8, 4) is 5.75 Å². The summed E-state index contributed by atoms with van der Waals surface area (Å²) in [4.78, 5) is 2.42. The first-order valence-electron chi connectivity index (χ1n) is 6.55. The van der Waals surface area contributed by atoms with E-state index < -0.39 is 0 Å². The van der Waals surface area contributed by atoms with Crippen LogP contribution < -0.4 is 10.1 Å². The van der Waals surface area contributed by atoms with E-state index >= 15 is 0 Å². The Kier molecular flexibility index (Phi) is 5.47. The van der Waals surface area contributed by atoms with Gasteiger partial charge in [0.1, 0.15) is 12.4 Å². The number of hydrogen-bond donors (Lipinski definition) is 1. The van der Waals surface area contributed by atoms with Gasteiger partial charge in [-0.2, -0.15) is 0 Å². The van der Waals surface area contributed by atoms with E-state index in [-0.39, 0.29) is 0 Å². The molecule has 0 amide bonds. The molecule has 0 aliphatic carbocycles. The largest absolute Gasteiger partial charge is 0.492 e. The van der Waals surface area contributed by atoms with E-state index in [1.165, 1.54) is 12.8 Å². The molecule has 100 valence electrons. The van der Waals surface area contributed by atoms with Crippen LogP contribution in [0.25, 0.3) is 0 Å². The fraction of sp³-hybridized carbons (Fsp3) is 0.571. The number of ether oxygens (including phenoxy) is 1. The average molecular weight is 313 g/mol. The normalized spacial score (nSPS) is 17.1. The van der Waals surface area contributed by atoms with Crippen molar-refractivity contribution in [1.82, 2.24) is 10.2 Å². The maximum atomic E-state index is 5.74. The number of nitrogens with one attached hydrogen (secondary N) is 1. The molecule has 0 radical (unpaired) electrons. The molecule has 2 rings (SSSR count). The van der Waals surface area contributed by atoms with Crippen molar-refractivity contribution in [3.63, 3.8) is 0 Å². The monoisotopic (exact) mass is 312 g/mol. The van der Waals surface area contributed by atoms with Crippen molar-refractivity contribution in [2.75, 3.05) is 33.3 Å². The molecule has 0 atom stereocenters. The van der Waals surface area contributed by atoms with Gasteiger partial charge in [0, 0.05) is 17.1 Å². The van der Waals surface area contributed by atoms with E-state index in [0.29, 0.717) is 6.04 Å². The lowest BCUT2D eigenvalue weighted by Crippen LogP contribution is -2.42. The van der Waals surface area contributed by atoms with E-state index in [9.17, 15) is 0 Å². The van der Waals surface area contributed by atoms with Gasteiger partial charge >= 0.3 is 0 Å². The van der Waals surface area contributed by atoms with Crippen LogP contribution >= 0.6 is 15.9 Å². The molecule has 1 aromatic rings. The molecule has 0 bridgehead atoms. The summed E-state index contributed by atoms with van der Waals surface area (Å²) in [5.74, 6) is 0.942. The summed E-state index contributed by atoms with van der Waals surface area (Å²) in [6, 6.07) is 8.71. The van der Waals surface area contributed by atoms with Crippen LogP contribution in [0.3, 0.4) is 0 Å². The van der Waals surface area contributed by atoms with Crippen LogP contribution in [0.1, 0.15) is 12.8 Å². The van der Waals surface area contributed by atoms with Gasteiger partial charge in [-0.15, -0.1) is 0 Å². The van der Waals surface area contributed by atoms with Crippen molar-refractivity contribution in [2.45, 2.75) is 18.9 Å². The molecular weight excluding hydrogens is 292 g/mol. The second kappa shape index (κ2) is 7.12. The predicted octanol–water partition coefficient (Wildman–Crippen LogP) is 2.51. The van der Waals surface area contributed by atoms with Crippen LogP contribution in [0.5, 0.6) is 5.75 Å². The molecule has 1 heterocycles. The molecule has 1 N–H and O–H groups in total. The van der Waals surface area contributed by atoms with Crippen molar-refractivity contribution in [1.29, 1.82) is 0 Å². The first-order chi connectivity index (χ1) is 8.75. The van der Waals surface area contributed by atoms with Gasteiger partial charge in [-0.1, -0.05) is 15.9 Å². The first kappa shape index (κ1) is 13.8. The minimum Gasteiger partial charge on any atom is -0.492 e. The Hall–Kier alpha value is -0.580. The molecule has 1 fully saturated rings. The van der Waals surface area contributed by atoms with Crippen LogP contribution in [0.2, 0.25) is 0 Å². The molecule has 0 unspecified atom stereocenters. The number of rotatable bonds is 5. The highest BCUT2D eigenvalue weighted by molar-refractivity contribution is 9.10. The van der Waals surface area contributed by atoms with Gasteiger partial charge < -0.3 is 10.1 Å². The summed E-state index contributed by atoms with van der Waals surface area (Å²) in [7, 11) is 2.20. The van der Waals surface area contributed by atoms with Crippen molar-refractivity contribution in [3.05, 3.63) is 28.7 Å². The smallest absolute Gasteiger partial charge is 0.119 e. The summed E-state index contributed by atoms with van der Waals surface area (Å²) in [6.07, 6.45) is 2.49. The third-order valence-corrected chi connectivity index (χ3v) is 3.99. The molecule has 4 heteroatoms. The maximum Gasteiger partial charge on any atom is 0.119 e. The van der Waals surface area contributed by atoms with Crippen molar-refractivity contribution in [2.24, 2.45) is 0 Å². The number of benzene rings is 1. The summed E-state index contributed by atoms with van der Waals surface area (Å²) in [5, 5.41) is 3.39.